The van der Waals surface area contributed by atoms with Crippen LogP contribution < -0.4 is 23.7 Å². The first-order chi connectivity index (χ1) is 14.4. The summed E-state index contributed by atoms with van der Waals surface area (Å²) in [6.07, 6.45) is 1.22. The fourth-order valence-corrected chi connectivity index (χ4v) is 4.42. The maximum atomic E-state index is 13.3. The molecule has 2 aromatic carbocycles. The van der Waals surface area contributed by atoms with E-state index in [1.807, 2.05) is 6.07 Å². The molecule has 0 fully saturated rings. The Labute approximate surface area is 176 Å². The fourth-order valence-electron chi connectivity index (χ4n) is 4.42. The van der Waals surface area contributed by atoms with Crippen molar-refractivity contribution in [2.75, 3.05) is 48.8 Å². The smallest absolute Gasteiger partial charge is 0.231 e. The first kappa shape index (κ1) is 20.3. The molecule has 2 aliphatic rings. The van der Waals surface area contributed by atoms with E-state index in [1.54, 1.807) is 39.5 Å². The Kier molecular flexibility index (Phi) is 5.24. The third kappa shape index (κ3) is 3.33. The topological polar surface area (TPSA) is 63.2 Å². The molecule has 30 heavy (non-hydrogen) atoms. The standard InChI is InChI=1S/C23H28NO6/c1-24(2)9-8-15-11-20-22(30-13-29-20)23(28-5)21(15)16(24)12-17(25)14-6-7-18(26-3)19(10-14)27-4/h6-7,10-11,16H,8-9,12-13H2,1-5H3/q+1/t16-/m1/s1. The van der Waals surface area contributed by atoms with Crippen LogP contribution in [0.2, 0.25) is 0 Å². The molecule has 0 amide bonds. The van der Waals surface area contributed by atoms with Crippen molar-refractivity contribution in [2.24, 2.45) is 0 Å². The molecule has 160 valence electrons. The minimum absolute atomic E-state index is 0.0414. The highest BCUT2D eigenvalue weighted by atomic mass is 16.7. The van der Waals surface area contributed by atoms with Crippen LogP contribution in [0.15, 0.2) is 24.3 Å². The second-order valence-electron chi connectivity index (χ2n) is 8.18. The summed E-state index contributed by atoms with van der Waals surface area (Å²) in [5.74, 6) is 3.20. The molecule has 1 atom stereocenters. The first-order valence-corrected chi connectivity index (χ1v) is 9.97. The molecule has 0 aromatic heterocycles. The largest absolute Gasteiger partial charge is 0.493 e. The number of carbonyl (C=O) groups excluding carboxylic acids is 1. The van der Waals surface area contributed by atoms with Gasteiger partial charge in [0.2, 0.25) is 12.5 Å². The normalized spacial score (nSPS) is 18.5. The Bertz CT molecular complexity index is 984. The lowest BCUT2D eigenvalue weighted by atomic mass is 9.86. The van der Waals surface area contributed by atoms with Gasteiger partial charge in [-0.15, -0.1) is 0 Å². The van der Waals surface area contributed by atoms with E-state index in [9.17, 15) is 4.79 Å². The number of likely N-dealkylation sites (N-methyl/N-ethyl adjacent to an activating group) is 1. The Hall–Kier alpha value is -2.93. The molecule has 4 rings (SSSR count). The van der Waals surface area contributed by atoms with Crippen LogP contribution in [0.25, 0.3) is 0 Å². The summed E-state index contributed by atoms with van der Waals surface area (Å²) < 4.78 is 28.4. The molecular weight excluding hydrogens is 386 g/mol. The lowest BCUT2D eigenvalue weighted by Crippen LogP contribution is -2.48. The van der Waals surface area contributed by atoms with Gasteiger partial charge in [0, 0.05) is 12.0 Å². The molecule has 2 heterocycles. The molecule has 0 radical (unpaired) electrons. The zero-order valence-electron chi connectivity index (χ0n) is 18.1. The van der Waals surface area contributed by atoms with Crippen LogP contribution >= 0.6 is 0 Å². The van der Waals surface area contributed by atoms with Crippen LogP contribution in [0.5, 0.6) is 28.7 Å². The highest BCUT2D eigenvalue weighted by Gasteiger charge is 2.42. The number of hydrogen-bond acceptors (Lipinski definition) is 6. The van der Waals surface area contributed by atoms with Crippen molar-refractivity contribution in [3.8, 4) is 28.7 Å². The van der Waals surface area contributed by atoms with Gasteiger partial charge in [0.25, 0.3) is 0 Å². The van der Waals surface area contributed by atoms with Gasteiger partial charge in [0.1, 0.15) is 6.04 Å². The Morgan fingerprint density at radius 2 is 1.83 bits per heavy atom. The summed E-state index contributed by atoms with van der Waals surface area (Å²) in [4.78, 5) is 13.3. The van der Waals surface area contributed by atoms with Crippen LogP contribution in [-0.2, 0) is 6.42 Å². The van der Waals surface area contributed by atoms with Crippen molar-refractivity contribution in [2.45, 2.75) is 18.9 Å². The third-order valence-corrected chi connectivity index (χ3v) is 6.17. The van der Waals surface area contributed by atoms with Crippen LogP contribution in [-0.4, -0.2) is 59.0 Å². The third-order valence-electron chi connectivity index (χ3n) is 6.17. The predicted octanol–water partition coefficient (Wildman–Crippen LogP) is 3.39. The van der Waals surface area contributed by atoms with E-state index in [4.69, 9.17) is 23.7 Å². The molecule has 0 spiro atoms. The highest BCUT2D eigenvalue weighted by molar-refractivity contribution is 5.97. The first-order valence-electron chi connectivity index (χ1n) is 9.97. The maximum absolute atomic E-state index is 13.3. The number of methoxy groups -OCH3 is 3. The van der Waals surface area contributed by atoms with Crippen molar-refractivity contribution in [3.05, 3.63) is 41.0 Å². The molecule has 0 saturated carbocycles. The van der Waals surface area contributed by atoms with Gasteiger partial charge in [0.05, 0.1) is 54.0 Å². The number of hydrogen-bond donors (Lipinski definition) is 0. The number of Topliss-reactive ketones (excluding diaryl/α,β-unsaturated/α-hetero) is 1. The van der Waals surface area contributed by atoms with Gasteiger partial charge in [-0.05, 0) is 29.8 Å². The van der Waals surface area contributed by atoms with E-state index in [2.05, 4.69) is 14.1 Å². The molecule has 7 nitrogen and oxygen atoms in total. The lowest BCUT2D eigenvalue weighted by Gasteiger charge is -2.43. The van der Waals surface area contributed by atoms with Crippen LogP contribution in [0.1, 0.15) is 33.9 Å². The molecule has 7 heteroatoms. The number of benzene rings is 2. The Balaban J connectivity index is 1.73. The number of rotatable bonds is 6. The molecular formula is C23H28NO6+. The second kappa shape index (κ2) is 7.72. The number of ether oxygens (including phenoxy) is 5. The second-order valence-corrected chi connectivity index (χ2v) is 8.18. The van der Waals surface area contributed by atoms with E-state index >= 15 is 0 Å². The minimum atomic E-state index is -0.0706. The number of nitrogens with zero attached hydrogens (tertiary/aromatic N) is 1. The van der Waals surface area contributed by atoms with Crippen molar-refractivity contribution < 1.29 is 33.0 Å². The Morgan fingerprint density at radius 3 is 2.53 bits per heavy atom. The van der Waals surface area contributed by atoms with E-state index in [1.165, 1.54) is 0 Å². The number of fused-ring (bicyclic) bond motifs is 2. The van der Waals surface area contributed by atoms with Gasteiger partial charge < -0.3 is 28.2 Å². The fraction of sp³-hybridized carbons (Fsp3) is 0.435. The van der Waals surface area contributed by atoms with Crippen molar-refractivity contribution in [3.63, 3.8) is 0 Å². The number of carbonyl (C=O) groups is 1. The monoisotopic (exact) mass is 414 g/mol. The van der Waals surface area contributed by atoms with E-state index in [0.717, 1.165) is 24.1 Å². The average molecular weight is 414 g/mol. The van der Waals surface area contributed by atoms with Gasteiger partial charge in [-0.25, -0.2) is 0 Å². The number of quaternary nitrogens is 1. The lowest BCUT2D eigenvalue weighted by molar-refractivity contribution is -0.922. The molecule has 0 N–H and O–H groups in total. The summed E-state index contributed by atoms with van der Waals surface area (Å²) >= 11 is 0. The van der Waals surface area contributed by atoms with Gasteiger partial charge in [0.15, 0.2) is 28.8 Å². The zero-order chi connectivity index (χ0) is 21.5. The molecule has 2 aromatic rings. The predicted molar refractivity (Wildman–Crippen MR) is 111 cm³/mol. The molecule has 0 saturated heterocycles. The summed E-state index contributed by atoms with van der Waals surface area (Å²) in [7, 11) is 9.09. The summed E-state index contributed by atoms with van der Waals surface area (Å²) in [5.41, 5.74) is 2.78. The van der Waals surface area contributed by atoms with Crippen molar-refractivity contribution in [1.82, 2.24) is 0 Å². The van der Waals surface area contributed by atoms with Crippen molar-refractivity contribution in [1.29, 1.82) is 0 Å². The number of ketones is 1. The summed E-state index contributed by atoms with van der Waals surface area (Å²) in [6, 6.07) is 7.25. The molecule has 0 bridgehead atoms. The Morgan fingerprint density at radius 1 is 1.07 bits per heavy atom. The van der Waals surface area contributed by atoms with Gasteiger partial charge in [-0.2, -0.15) is 0 Å². The van der Waals surface area contributed by atoms with E-state index < -0.39 is 0 Å². The van der Waals surface area contributed by atoms with Crippen LogP contribution in [0.3, 0.4) is 0 Å². The molecule has 0 aliphatic carbocycles. The maximum Gasteiger partial charge on any atom is 0.231 e. The summed E-state index contributed by atoms with van der Waals surface area (Å²) in [5, 5.41) is 0. The minimum Gasteiger partial charge on any atom is -0.493 e. The average Bonchev–Trinajstić information content (AvgIpc) is 3.21. The van der Waals surface area contributed by atoms with Gasteiger partial charge in [-0.1, -0.05) is 0 Å². The molecule has 2 aliphatic heterocycles. The van der Waals surface area contributed by atoms with Gasteiger partial charge in [-0.3, -0.25) is 4.79 Å². The SMILES string of the molecule is COc1ccc(C(=O)C[C@@H]2c3c(cc4c(c3OC)OCO4)CC[N+]2(C)C)cc1OC. The van der Waals surface area contributed by atoms with Crippen molar-refractivity contribution >= 4 is 5.78 Å². The van der Waals surface area contributed by atoms with Gasteiger partial charge >= 0.3 is 0 Å². The summed E-state index contributed by atoms with van der Waals surface area (Å²) in [6.45, 7) is 1.10. The highest BCUT2D eigenvalue weighted by Crippen LogP contribution is 2.51. The zero-order valence-corrected chi connectivity index (χ0v) is 18.1. The quantitative estimate of drug-likeness (QED) is 0.533. The molecule has 0 unspecified atom stereocenters. The van der Waals surface area contributed by atoms with E-state index in [-0.39, 0.29) is 18.6 Å². The van der Waals surface area contributed by atoms with Crippen LogP contribution in [0.4, 0.5) is 0 Å². The van der Waals surface area contributed by atoms with E-state index in [0.29, 0.717) is 45.2 Å². The van der Waals surface area contributed by atoms with Crippen LogP contribution in [0, 0.1) is 0 Å².